The zero-order chi connectivity index (χ0) is 20.7. The molecule has 0 saturated carbocycles. The van der Waals surface area contributed by atoms with Gasteiger partial charge in [0, 0.05) is 25.5 Å². The topological polar surface area (TPSA) is 70.5 Å². The maximum atomic E-state index is 12.4. The molecule has 0 N–H and O–H groups in total. The fourth-order valence-corrected chi connectivity index (χ4v) is 4.36. The molecule has 0 aromatic carbocycles. The van der Waals surface area contributed by atoms with E-state index in [0.717, 1.165) is 43.6 Å². The molecule has 29 heavy (non-hydrogen) atoms. The summed E-state index contributed by atoms with van der Waals surface area (Å²) in [5.41, 5.74) is 1.97. The van der Waals surface area contributed by atoms with Crippen LogP contribution < -0.4 is 4.74 Å². The molecule has 162 valence electrons. The molecular weight excluding hydrogens is 390 g/mol. The summed E-state index contributed by atoms with van der Waals surface area (Å²) in [6.07, 6.45) is 8.32. The number of carbonyl (C=O) groups excluding carboxylic acids is 1. The number of hydrogen-bond acceptors (Lipinski definition) is 7. The normalized spacial score (nSPS) is 25.5. The van der Waals surface area contributed by atoms with Crippen LogP contribution in [0, 0.1) is 5.92 Å². The predicted molar refractivity (Wildman–Crippen MR) is 113 cm³/mol. The Balaban J connectivity index is 1.59. The van der Waals surface area contributed by atoms with Gasteiger partial charge in [0.15, 0.2) is 0 Å². The average Bonchev–Trinajstić information content (AvgIpc) is 3.40. The van der Waals surface area contributed by atoms with Gasteiger partial charge in [0.05, 0.1) is 44.5 Å². The first-order chi connectivity index (χ1) is 14.0. The largest absolute Gasteiger partial charge is 0.475 e. The number of ether oxygens (including phenoxy) is 3. The molecule has 2 aliphatic rings. The highest BCUT2D eigenvalue weighted by molar-refractivity contribution is 6.99. The first-order valence-corrected chi connectivity index (χ1v) is 11.5. The van der Waals surface area contributed by atoms with Gasteiger partial charge in [-0.05, 0) is 12.8 Å². The molecule has 0 radical (unpaired) electrons. The van der Waals surface area contributed by atoms with E-state index in [4.69, 9.17) is 14.2 Å². The minimum Gasteiger partial charge on any atom is -0.475 e. The van der Waals surface area contributed by atoms with Gasteiger partial charge in [-0.25, -0.2) is 0 Å². The van der Waals surface area contributed by atoms with Crippen LogP contribution in [0.3, 0.4) is 0 Å². The van der Waals surface area contributed by atoms with Crippen LogP contribution in [0.4, 0.5) is 0 Å². The third kappa shape index (κ3) is 5.77. The molecule has 1 aromatic rings. The molecule has 3 atom stereocenters. The molecule has 1 aromatic heterocycles. The molecule has 2 unspecified atom stereocenters. The van der Waals surface area contributed by atoms with Gasteiger partial charge < -0.3 is 14.2 Å². The second kappa shape index (κ2) is 10.5. The summed E-state index contributed by atoms with van der Waals surface area (Å²) in [6, 6.07) is 0. The van der Waals surface area contributed by atoms with E-state index in [0.29, 0.717) is 30.2 Å². The number of hydrogen-bond donors (Lipinski definition) is 0. The summed E-state index contributed by atoms with van der Waals surface area (Å²) in [5, 5.41) is 0. The summed E-state index contributed by atoms with van der Waals surface area (Å²) in [7, 11) is 2.14. The molecule has 7 nitrogen and oxygen atoms in total. The molecule has 8 heteroatoms. The van der Waals surface area contributed by atoms with Gasteiger partial charge in [-0.1, -0.05) is 32.3 Å². The zero-order valence-electron chi connectivity index (χ0n) is 17.9. The Morgan fingerprint density at radius 3 is 3.00 bits per heavy atom. The Morgan fingerprint density at radius 1 is 1.38 bits per heavy atom. The summed E-state index contributed by atoms with van der Waals surface area (Å²) in [4.78, 5) is 12.4. The zero-order valence-corrected chi connectivity index (χ0v) is 18.7. The molecular formula is C21H34N3O4S+. The van der Waals surface area contributed by atoms with E-state index in [9.17, 15) is 4.79 Å². The number of esters is 1. The summed E-state index contributed by atoms with van der Waals surface area (Å²) in [5.74, 6) is 0.370. The van der Waals surface area contributed by atoms with Crippen molar-refractivity contribution < 1.29 is 23.5 Å². The molecule has 1 saturated heterocycles. The van der Waals surface area contributed by atoms with Gasteiger partial charge in [0.25, 0.3) is 5.88 Å². The monoisotopic (exact) mass is 424 g/mol. The van der Waals surface area contributed by atoms with Crippen molar-refractivity contribution >= 4 is 23.3 Å². The highest BCUT2D eigenvalue weighted by Crippen LogP contribution is 2.32. The van der Waals surface area contributed by atoms with Crippen LogP contribution >= 0.6 is 11.7 Å². The SMILES string of the molecule is CCCCCCOc1nsnc1C1=CCC[N+](C)([C@@H](C)OC(=O)C2CCOC2)C1. The predicted octanol–water partition coefficient (Wildman–Crippen LogP) is 3.66. The van der Waals surface area contributed by atoms with E-state index >= 15 is 0 Å². The van der Waals surface area contributed by atoms with E-state index in [2.05, 4.69) is 28.8 Å². The fraction of sp³-hybridized carbons (Fsp3) is 0.762. The molecule has 0 amide bonds. The van der Waals surface area contributed by atoms with E-state index in [1.807, 2.05) is 6.92 Å². The number of carbonyl (C=O) groups is 1. The molecule has 3 heterocycles. The lowest BCUT2D eigenvalue weighted by Gasteiger charge is -2.41. The van der Waals surface area contributed by atoms with Crippen molar-refractivity contribution in [3.05, 3.63) is 11.8 Å². The van der Waals surface area contributed by atoms with Crippen molar-refractivity contribution in [2.45, 2.75) is 58.6 Å². The number of rotatable bonds is 10. The quantitative estimate of drug-likeness (QED) is 0.324. The Hall–Kier alpha value is -1.51. The van der Waals surface area contributed by atoms with E-state index in [1.165, 1.54) is 31.0 Å². The molecule has 3 rings (SSSR count). The van der Waals surface area contributed by atoms with Crippen molar-refractivity contribution in [2.75, 3.05) is 40.0 Å². The number of nitrogens with zero attached hydrogens (tertiary/aromatic N) is 3. The lowest BCUT2D eigenvalue weighted by Crippen LogP contribution is -2.55. The molecule has 0 spiro atoms. The van der Waals surface area contributed by atoms with Gasteiger partial charge >= 0.3 is 5.97 Å². The van der Waals surface area contributed by atoms with Crippen molar-refractivity contribution in [3.8, 4) is 5.88 Å². The van der Waals surface area contributed by atoms with Crippen molar-refractivity contribution in [1.82, 2.24) is 8.75 Å². The van der Waals surface area contributed by atoms with Crippen molar-refractivity contribution in [1.29, 1.82) is 0 Å². The van der Waals surface area contributed by atoms with Crippen LogP contribution in [0.2, 0.25) is 0 Å². The highest BCUT2D eigenvalue weighted by atomic mass is 32.1. The minimum atomic E-state index is -0.225. The van der Waals surface area contributed by atoms with Crippen LogP contribution in [-0.2, 0) is 14.3 Å². The molecule has 1 fully saturated rings. The Bertz CT molecular complexity index is 702. The van der Waals surface area contributed by atoms with Gasteiger partial charge in [0.1, 0.15) is 12.2 Å². The fourth-order valence-electron chi connectivity index (χ4n) is 3.83. The Kier molecular flexibility index (Phi) is 8.03. The van der Waals surface area contributed by atoms with Gasteiger partial charge in [-0.15, -0.1) is 4.37 Å². The van der Waals surface area contributed by atoms with E-state index in [-0.39, 0.29) is 18.1 Å². The van der Waals surface area contributed by atoms with Gasteiger partial charge in [0.2, 0.25) is 6.23 Å². The van der Waals surface area contributed by atoms with E-state index in [1.54, 1.807) is 0 Å². The standard InChI is InChI=1S/C21H34N3O4S/c1-4-5-6-7-12-27-20-19(22-29-23-20)17-9-8-11-24(3,14-17)16(2)28-21(25)18-10-13-26-15-18/h9,16,18H,4-8,10-15H2,1-3H3/q+1/t16-,18?,24?/m1/s1. The van der Waals surface area contributed by atoms with Gasteiger partial charge in [-0.3, -0.25) is 9.28 Å². The molecule has 0 aliphatic carbocycles. The third-order valence-electron chi connectivity index (χ3n) is 5.99. The summed E-state index contributed by atoms with van der Waals surface area (Å²) < 4.78 is 26.6. The van der Waals surface area contributed by atoms with Crippen LogP contribution in [0.1, 0.15) is 58.1 Å². The van der Waals surface area contributed by atoms with Crippen LogP contribution in [0.5, 0.6) is 5.88 Å². The molecule has 2 aliphatic heterocycles. The maximum Gasteiger partial charge on any atom is 0.315 e. The Morgan fingerprint density at radius 2 is 2.24 bits per heavy atom. The average molecular weight is 425 g/mol. The Labute approximate surface area is 177 Å². The maximum absolute atomic E-state index is 12.4. The lowest BCUT2D eigenvalue weighted by molar-refractivity contribution is -0.944. The van der Waals surface area contributed by atoms with Crippen LogP contribution in [-0.4, -0.2) is 65.4 Å². The van der Waals surface area contributed by atoms with Crippen LogP contribution in [0.25, 0.3) is 5.57 Å². The lowest BCUT2D eigenvalue weighted by atomic mass is 10.0. The number of unbranched alkanes of at least 4 members (excludes halogenated alkanes) is 3. The molecule has 0 bridgehead atoms. The van der Waals surface area contributed by atoms with Crippen molar-refractivity contribution in [2.24, 2.45) is 5.92 Å². The van der Waals surface area contributed by atoms with E-state index < -0.39 is 0 Å². The number of likely N-dealkylation sites (N-methyl/N-ethyl adjacent to an activating group) is 1. The van der Waals surface area contributed by atoms with Gasteiger partial charge in [-0.2, -0.15) is 4.37 Å². The highest BCUT2D eigenvalue weighted by Gasteiger charge is 2.38. The summed E-state index contributed by atoms with van der Waals surface area (Å²) in [6.45, 7) is 7.65. The first kappa shape index (κ1) is 22.2. The number of quaternary nitrogens is 1. The minimum absolute atomic E-state index is 0.126. The van der Waals surface area contributed by atoms with Crippen LogP contribution in [0.15, 0.2) is 6.08 Å². The third-order valence-corrected chi connectivity index (χ3v) is 6.50. The van der Waals surface area contributed by atoms with Crippen molar-refractivity contribution in [3.63, 3.8) is 0 Å². The first-order valence-electron chi connectivity index (χ1n) is 10.8. The second-order valence-corrected chi connectivity index (χ2v) is 8.83. The number of aromatic nitrogens is 2. The second-order valence-electron chi connectivity index (χ2n) is 8.30. The summed E-state index contributed by atoms with van der Waals surface area (Å²) >= 11 is 1.19. The smallest absolute Gasteiger partial charge is 0.315 e.